The van der Waals surface area contributed by atoms with E-state index in [1.807, 2.05) is 6.07 Å². The monoisotopic (exact) mass is 259 g/mol. The molecule has 0 fully saturated rings. The molecule has 1 aromatic carbocycles. The molecule has 2 aromatic rings. The van der Waals surface area contributed by atoms with E-state index in [1.54, 1.807) is 31.6 Å². The third-order valence-electron chi connectivity index (χ3n) is 2.68. The average Bonchev–Trinajstić information content (AvgIpc) is 2.45. The second-order valence-corrected chi connectivity index (χ2v) is 3.99. The van der Waals surface area contributed by atoms with Crippen molar-refractivity contribution < 1.29 is 9.18 Å². The SMILES string of the molecule is CNc1ccc(C(=O)NCc2cccnc2)cc1F. The molecule has 19 heavy (non-hydrogen) atoms. The van der Waals surface area contributed by atoms with Gasteiger partial charge in [-0.05, 0) is 29.8 Å². The van der Waals surface area contributed by atoms with Crippen LogP contribution in [-0.2, 0) is 6.54 Å². The lowest BCUT2D eigenvalue weighted by Gasteiger charge is -2.07. The molecule has 0 saturated heterocycles. The fourth-order valence-electron chi connectivity index (χ4n) is 1.65. The number of hydrogen-bond acceptors (Lipinski definition) is 3. The largest absolute Gasteiger partial charge is 0.386 e. The first-order valence-corrected chi connectivity index (χ1v) is 5.85. The quantitative estimate of drug-likeness (QED) is 0.885. The predicted octanol–water partition coefficient (Wildman–Crippen LogP) is 2.19. The molecule has 1 amide bonds. The summed E-state index contributed by atoms with van der Waals surface area (Å²) in [6, 6.07) is 7.98. The highest BCUT2D eigenvalue weighted by Gasteiger charge is 2.08. The van der Waals surface area contributed by atoms with Crippen LogP contribution in [0.3, 0.4) is 0 Å². The lowest BCUT2D eigenvalue weighted by Crippen LogP contribution is -2.23. The number of carbonyl (C=O) groups excluding carboxylic acids is 1. The van der Waals surface area contributed by atoms with Crippen molar-refractivity contribution in [3.8, 4) is 0 Å². The van der Waals surface area contributed by atoms with Crippen LogP contribution in [0.4, 0.5) is 10.1 Å². The topological polar surface area (TPSA) is 54.0 Å². The lowest BCUT2D eigenvalue weighted by molar-refractivity contribution is 0.0950. The molecular weight excluding hydrogens is 245 g/mol. The van der Waals surface area contributed by atoms with Crippen molar-refractivity contribution in [3.05, 3.63) is 59.7 Å². The van der Waals surface area contributed by atoms with E-state index < -0.39 is 5.82 Å². The zero-order valence-electron chi connectivity index (χ0n) is 10.5. The van der Waals surface area contributed by atoms with Gasteiger partial charge in [-0.2, -0.15) is 0 Å². The van der Waals surface area contributed by atoms with E-state index >= 15 is 0 Å². The molecular formula is C14H14FN3O. The fourth-order valence-corrected chi connectivity index (χ4v) is 1.65. The molecule has 0 radical (unpaired) electrons. The van der Waals surface area contributed by atoms with Gasteiger partial charge in [0.2, 0.25) is 0 Å². The number of nitrogens with zero attached hydrogens (tertiary/aromatic N) is 1. The first kappa shape index (κ1) is 13.0. The molecule has 0 saturated carbocycles. The van der Waals surface area contributed by atoms with Crippen molar-refractivity contribution >= 4 is 11.6 Å². The Hall–Kier alpha value is -2.43. The third kappa shape index (κ3) is 3.28. The normalized spacial score (nSPS) is 10.0. The van der Waals surface area contributed by atoms with Crippen LogP contribution in [0.15, 0.2) is 42.7 Å². The highest BCUT2D eigenvalue weighted by atomic mass is 19.1. The second-order valence-electron chi connectivity index (χ2n) is 3.99. The third-order valence-corrected chi connectivity index (χ3v) is 2.68. The number of benzene rings is 1. The van der Waals surface area contributed by atoms with E-state index in [0.717, 1.165) is 5.56 Å². The van der Waals surface area contributed by atoms with Crippen LogP contribution in [-0.4, -0.2) is 17.9 Å². The molecule has 5 heteroatoms. The van der Waals surface area contributed by atoms with Crippen molar-refractivity contribution in [2.75, 3.05) is 12.4 Å². The number of rotatable bonds is 4. The van der Waals surface area contributed by atoms with E-state index in [1.165, 1.54) is 12.1 Å². The highest BCUT2D eigenvalue weighted by Crippen LogP contribution is 2.14. The summed E-state index contributed by atoms with van der Waals surface area (Å²) in [7, 11) is 1.63. The minimum Gasteiger partial charge on any atom is -0.386 e. The van der Waals surface area contributed by atoms with E-state index in [-0.39, 0.29) is 5.91 Å². The lowest BCUT2D eigenvalue weighted by atomic mass is 10.1. The number of hydrogen-bond donors (Lipinski definition) is 2. The van der Waals surface area contributed by atoms with Crippen LogP contribution in [0.5, 0.6) is 0 Å². The number of nitrogens with one attached hydrogen (secondary N) is 2. The van der Waals surface area contributed by atoms with Crippen LogP contribution in [0, 0.1) is 5.82 Å². The van der Waals surface area contributed by atoms with Crippen LogP contribution in [0.25, 0.3) is 0 Å². The fraction of sp³-hybridized carbons (Fsp3) is 0.143. The van der Waals surface area contributed by atoms with E-state index in [0.29, 0.717) is 17.8 Å². The molecule has 98 valence electrons. The molecule has 0 spiro atoms. The van der Waals surface area contributed by atoms with Crippen LogP contribution in [0.1, 0.15) is 15.9 Å². The van der Waals surface area contributed by atoms with Gasteiger partial charge in [0.05, 0.1) is 5.69 Å². The molecule has 1 aromatic heterocycles. The summed E-state index contributed by atoms with van der Waals surface area (Å²) >= 11 is 0. The van der Waals surface area contributed by atoms with Gasteiger partial charge in [0, 0.05) is 31.5 Å². The van der Waals surface area contributed by atoms with Crippen LogP contribution in [0.2, 0.25) is 0 Å². The first-order chi connectivity index (χ1) is 9.20. The van der Waals surface area contributed by atoms with Gasteiger partial charge in [0.1, 0.15) is 5.82 Å². The van der Waals surface area contributed by atoms with Crippen molar-refractivity contribution in [1.82, 2.24) is 10.3 Å². The van der Waals surface area contributed by atoms with Gasteiger partial charge in [0.25, 0.3) is 5.91 Å². The Morgan fingerprint density at radius 1 is 1.37 bits per heavy atom. The molecule has 0 bridgehead atoms. The molecule has 0 unspecified atom stereocenters. The number of carbonyl (C=O) groups is 1. The Bertz CT molecular complexity index is 572. The summed E-state index contributed by atoms with van der Waals surface area (Å²) in [4.78, 5) is 15.8. The smallest absolute Gasteiger partial charge is 0.251 e. The Balaban J connectivity index is 2.02. The standard InChI is InChI=1S/C14H14FN3O/c1-16-13-5-4-11(7-12(13)15)14(19)18-9-10-3-2-6-17-8-10/h2-8,16H,9H2,1H3,(H,18,19). The molecule has 4 nitrogen and oxygen atoms in total. The first-order valence-electron chi connectivity index (χ1n) is 5.85. The van der Waals surface area contributed by atoms with Crippen LogP contribution < -0.4 is 10.6 Å². The minimum absolute atomic E-state index is 0.292. The number of halogens is 1. The number of pyridine rings is 1. The van der Waals surface area contributed by atoms with E-state index in [9.17, 15) is 9.18 Å². The van der Waals surface area contributed by atoms with Crippen molar-refractivity contribution in [2.45, 2.75) is 6.54 Å². The van der Waals surface area contributed by atoms with E-state index in [4.69, 9.17) is 0 Å². The maximum atomic E-state index is 13.5. The molecule has 1 heterocycles. The van der Waals surface area contributed by atoms with Gasteiger partial charge < -0.3 is 10.6 Å². The minimum atomic E-state index is -0.448. The Kier molecular flexibility index (Phi) is 4.07. The van der Waals surface area contributed by atoms with E-state index in [2.05, 4.69) is 15.6 Å². The molecule has 0 aliphatic heterocycles. The summed E-state index contributed by atoms with van der Waals surface area (Å²) in [6.45, 7) is 0.363. The van der Waals surface area contributed by atoms with Crippen molar-refractivity contribution in [2.24, 2.45) is 0 Å². The zero-order chi connectivity index (χ0) is 13.7. The molecule has 0 aliphatic rings. The van der Waals surface area contributed by atoms with Gasteiger partial charge in [-0.25, -0.2) is 4.39 Å². The van der Waals surface area contributed by atoms with Crippen molar-refractivity contribution in [3.63, 3.8) is 0 Å². The maximum absolute atomic E-state index is 13.5. The average molecular weight is 259 g/mol. The number of aromatic nitrogens is 1. The Labute approximate surface area is 110 Å². The Morgan fingerprint density at radius 3 is 2.84 bits per heavy atom. The summed E-state index contributed by atoms with van der Waals surface area (Å²) < 4.78 is 13.5. The molecule has 0 aliphatic carbocycles. The van der Waals surface area contributed by atoms with Crippen LogP contribution >= 0.6 is 0 Å². The van der Waals surface area contributed by atoms with Gasteiger partial charge in [-0.1, -0.05) is 6.07 Å². The Morgan fingerprint density at radius 2 is 2.21 bits per heavy atom. The zero-order valence-corrected chi connectivity index (χ0v) is 10.5. The van der Waals surface area contributed by atoms with Gasteiger partial charge in [-0.15, -0.1) is 0 Å². The van der Waals surface area contributed by atoms with Gasteiger partial charge in [0.15, 0.2) is 0 Å². The van der Waals surface area contributed by atoms with Gasteiger partial charge >= 0.3 is 0 Å². The summed E-state index contributed by atoms with van der Waals surface area (Å²) in [5.74, 6) is -0.762. The number of amides is 1. The van der Waals surface area contributed by atoms with Gasteiger partial charge in [-0.3, -0.25) is 9.78 Å². The summed E-state index contributed by atoms with van der Waals surface area (Å²) in [5, 5.41) is 5.42. The highest BCUT2D eigenvalue weighted by molar-refractivity contribution is 5.94. The summed E-state index contributed by atoms with van der Waals surface area (Å²) in [5.41, 5.74) is 1.55. The maximum Gasteiger partial charge on any atom is 0.251 e. The molecule has 2 N–H and O–H groups in total. The second kappa shape index (κ2) is 5.95. The van der Waals surface area contributed by atoms with Crippen molar-refractivity contribution in [1.29, 1.82) is 0 Å². The molecule has 2 rings (SSSR count). The number of anilines is 1. The summed E-state index contributed by atoms with van der Waals surface area (Å²) in [6.07, 6.45) is 3.34. The molecule has 0 atom stereocenters. The predicted molar refractivity (Wildman–Crippen MR) is 71.4 cm³/mol.